The lowest BCUT2D eigenvalue weighted by Crippen LogP contribution is -2.35. The number of hydrogen-bond acceptors (Lipinski definition) is 3. The van der Waals surface area contributed by atoms with E-state index in [1.54, 1.807) is 0 Å². The fourth-order valence-electron chi connectivity index (χ4n) is 12.0. The Morgan fingerprint density at radius 1 is 0.569 bits per heavy atom. The lowest BCUT2D eigenvalue weighted by molar-refractivity contribution is 0.533. The van der Waals surface area contributed by atoms with Gasteiger partial charge in [0.05, 0.1) is 28.3 Å². The maximum absolute atomic E-state index is 6.48. The molecule has 0 saturated heterocycles. The summed E-state index contributed by atoms with van der Waals surface area (Å²) in [5.74, 6) is 0. The van der Waals surface area contributed by atoms with Gasteiger partial charge in [-0.15, -0.1) is 0 Å². The van der Waals surface area contributed by atoms with Crippen LogP contribution in [-0.4, -0.2) is 14.8 Å². The molecule has 0 bridgehead atoms. The number of aliphatic imine (C=N–C) groups is 1. The highest BCUT2D eigenvalue weighted by molar-refractivity contribution is 6.19. The standard InChI is InChI=1S/C67H52N4O/c1-43-18-13-15-28-58(43)66(2,3)48-32-33-52-54-36-46(47-31-35-60-55(37-47)56-40-57-53-27-14-16-29-63(53)72-64(57)41-62(56)70(60)50-24-11-6-12-25-50)30-34-59(54)71(61(52)39-48)51-26-17-23-49(38-51)67(68-42-44-19-7-4-8-20-44)65(69-67)45-21-9-5-10-22-45/h4-24,26-41,50,68H,25,42H2,1-3H3. The van der Waals surface area contributed by atoms with Crippen LogP contribution >= 0.6 is 0 Å². The van der Waals surface area contributed by atoms with Crippen molar-refractivity contribution in [1.29, 1.82) is 0 Å². The molecule has 5 heteroatoms. The number of nitrogens with one attached hydrogen (secondary N) is 1. The van der Waals surface area contributed by atoms with E-state index in [1.165, 1.54) is 71.5 Å². The van der Waals surface area contributed by atoms with Gasteiger partial charge < -0.3 is 13.6 Å². The number of fused-ring (bicyclic) bond motifs is 9. The highest BCUT2D eigenvalue weighted by atomic mass is 16.3. The summed E-state index contributed by atoms with van der Waals surface area (Å²) in [5.41, 5.74) is 17.6. The van der Waals surface area contributed by atoms with Gasteiger partial charge in [-0.1, -0.05) is 178 Å². The van der Waals surface area contributed by atoms with E-state index in [2.05, 4.69) is 254 Å². The van der Waals surface area contributed by atoms with Crippen LogP contribution in [0.3, 0.4) is 0 Å². The normalized spacial score (nSPS) is 16.8. The summed E-state index contributed by atoms with van der Waals surface area (Å²) in [6.45, 7) is 7.62. The Labute approximate surface area is 418 Å². The van der Waals surface area contributed by atoms with Gasteiger partial charge in [-0.25, -0.2) is 0 Å². The van der Waals surface area contributed by atoms with Crippen molar-refractivity contribution in [3.8, 4) is 16.8 Å². The lowest BCUT2D eigenvalue weighted by Gasteiger charge is -2.28. The van der Waals surface area contributed by atoms with Crippen LogP contribution in [0.5, 0.6) is 0 Å². The van der Waals surface area contributed by atoms with Crippen molar-refractivity contribution in [2.24, 2.45) is 4.99 Å². The smallest absolute Gasteiger partial charge is 0.180 e. The molecule has 5 nitrogen and oxygen atoms in total. The molecule has 1 N–H and O–H groups in total. The quantitative estimate of drug-likeness (QED) is 0.149. The van der Waals surface area contributed by atoms with Gasteiger partial charge >= 0.3 is 0 Å². The van der Waals surface area contributed by atoms with E-state index in [0.717, 1.165) is 56.4 Å². The first-order valence-electron chi connectivity index (χ1n) is 25.3. The summed E-state index contributed by atoms with van der Waals surface area (Å²) in [6, 6.07) is 73.6. The second kappa shape index (κ2) is 16.3. The molecule has 2 atom stereocenters. The Bertz CT molecular complexity index is 4240. The molecule has 2 unspecified atom stereocenters. The predicted octanol–water partition coefficient (Wildman–Crippen LogP) is 16.6. The summed E-state index contributed by atoms with van der Waals surface area (Å²) >= 11 is 0. The fourth-order valence-corrected chi connectivity index (χ4v) is 12.0. The van der Waals surface area contributed by atoms with Crippen LogP contribution in [0.4, 0.5) is 0 Å². The molecule has 1 aliphatic carbocycles. The van der Waals surface area contributed by atoms with Crippen molar-refractivity contribution in [3.63, 3.8) is 0 Å². The van der Waals surface area contributed by atoms with E-state index in [-0.39, 0.29) is 11.5 Å². The molecule has 2 aliphatic rings. The molecule has 1 aliphatic heterocycles. The van der Waals surface area contributed by atoms with Gasteiger partial charge in [0, 0.05) is 67.1 Å². The number of aryl methyl sites for hydroxylation is 1. The molecule has 12 aromatic rings. The third kappa shape index (κ3) is 6.68. The van der Waals surface area contributed by atoms with E-state index in [1.807, 2.05) is 6.07 Å². The Hall–Kier alpha value is -8.51. The van der Waals surface area contributed by atoms with Gasteiger partial charge in [-0.3, -0.25) is 10.3 Å². The van der Waals surface area contributed by atoms with Crippen molar-refractivity contribution < 1.29 is 4.42 Å². The third-order valence-electron chi connectivity index (χ3n) is 15.8. The highest BCUT2D eigenvalue weighted by Crippen LogP contribution is 2.45. The molecule has 0 spiro atoms. The molecule has 0 amide bonds. The minimum atomic E-state index is -0.653. The number of rotatable bonds is 10. The fraction of sp³-hybridized carbons (Fsp3) is 0.119. The van der Waals surface area contributed by atoms with Crippen molar-refractivity contribution in [2.75, 3.05) is 0 Å². The Balaban J connectivity index is 0.945. The number of benzene rings is 9. The Morgan fingerprint density at radius 3 is 2.11 bits per heavy atom. The van der Waals surface area contributed by atoms with Crippen LogP contribution in [0.15, 0.2) is 234 Å². The Kier molecular flexibility index (Phi) is 9.58. The number of para-hydroxylation sites is 1. The minimum Gasteiger partial charge on any atom is -0.456 e. The van der Waals surface area contributed by atoms with E-state index < -0.39 is 5.66 Å². The first-order valence-corrected chi connectivity index (χ1v) is 25.3. The molecule has 346 valence electrons. The van der Waals surface area contributed by atoms with Crippen LogP contribution in [0.1, 0.15) is 59.7 Å². The van der Waals surface area contributed by atoms with Gasteiger partial charge in [-0.2, -0.15) is 0 Å². The van der Waals surface area contributed by atoms with E-state index in [9.17, 15) is 0 Å². The Morgan fingerprint density at radius 2 is 1.31 bits per heavy atom. The van der Waals surface area contributed by atoms with Gasteiger partial charge in [-0.05, 0) is 107 Å². The second-order valence-corrected chi connectivity index (χ2v) is 20.3. The average molecular weight is 929 g/mol. The largest absolute Gasteiger partial charge is 0.456 e. The molecule has 0 radical (unpaired) electrons. The number of aromatic nitrogens is 2. The summed E-state index contributed by atoms with van der Waals surface area (Å²) < 4.78 is 11.5. The van der Waals surface area contributed by atoms with Gasteiger partial charge in [0.2, 0.25) is 0 Å². The molecule has 4 heterocycles. The van der Waals surface area contributed by atoms with E-state index in [0.29, 0.717) is 6.54 Å². The van der Waals surface area contributed by atoms with Gasteiger partial charge in [0.25, 0.3) is 0 Å². The lowest BCUT2D eigenvalue weighted by atomic mass is 9.76. The summed E-state index contributed by atoms with van der Waals surface area (Å²) in [6.07, 6.45) is 9.86. The minimum absolute atomic E-state index is 0.204. The van der Waals surface area contributed by atoms with E-state index >= 15 is 0 Å². The molecule has 3 aromatic heterocycles. The number of hydrogen-bond donors (Lipinski definition) is 1. The second-order valence-electron chi connectivity index (χ2n) is 20.3. The van der Waals surface area contributed by atoms with E-state index in [4.69, 9.17) is 9.41 Å². The molecule has 0 saturated carbocycles. The highest BCUT2D eigenvalue weighted by Gasteiger charge is 2.49. The van der Waals surface area contributed by atoms with Crippen LogP contribution in [0.2, 0.25) is 0 Å². The van der Waals surface area contributed by atoms with Crippen molar-refractivity contribution in [3.05, 3.63) is 258 Å². The monoisotopic (exact) mass is 928 g/mol. The first kappa shape index (κ1) is 42.4. The first-order chi connectivity index (χ1) is 35.3. The van der Waals surface area contributed by atoms with Crippen LogP contribution in [0, 0.1) is 6.92 Å². The van der Waals surface area contributed by atoms with Gasteiger partial charge in [0.1, 0.15) is 11.2 Å². The molecule has 72 heavy (non-hydrogen) atoms. The maximum Gasteiger partial charge on any atom is 0.180 e. The molecule has 9 aromatic carbocycles. The zero-order valence-corrected chi connectivity index (χ0v) is 40.6. The average Bonchev–Trinajstić information content (AvgIpc) is 3.76. The molecule has 0 fully saturated rings. The molecular weight excluding hydrogens is 877 g/mol. The topological polar surface area (TPSA) is 47.4 Å². The third-order valence-corrected chi connectivity index (χ3v) is 15.8. The van der Waals surface area contributed by atoms with Crippen LogP contribution < -0.4 is 5.32 Å². The van der Waals surface area contributed by atoms with Crippen LogP contribution in [0.25, 0.3) is 82.4 Å². The summed E-state index contributed by atoms with van der Waals surface area (Å²) in [4.78, 5) is 5.30. The van der Waals surface area contributed by atoms with Crippen molar-refractivity contribution >= 4 is 71.3 Å². The van der Waals surface area contributed by atoms with Crippen molar-refractivity contribution in [2.45, 2.75) is 50.9 Å². The summed E-state index contributed by atoms with van der Waals surface area (Å²) in [7, 11) is 0. The SMILES string of the molecule is Cc1ccccc1C(C)(C)c1ccc2c3cc(-c4ccc5c(c4)c4cc6c(cc4n5C4C=CC=CC4)oc4ccccc46)ccc3n(-c3cccc(C4(NCc5ccccc5)N=C4c4ccccc4)c3)c2c1. The number of allylic oxidation sites excluding steroid dienone is 4. The summed E-state index contributed by atoms with van der Waals surface area (Å²) in [5, 5.41) is 11.1. The maximum atomic E-state index is 6.48. The number of nitrogens with zero attached hydrogens (tertiary/aromatic N) is 3. The van der Waals surface area contributed by atoms with Gasteiger partial charge in [0.15, 0.2) is 5.66 Å². The van der Waals surface area contributed by atoms with Crippen molar-refractivity contribution in [1.82, 2.24) is 14.5 Å². The zero-order valence-electron chi connectivity index (χ0n) is 40.6. The molecule has 14 rings (SSSR count). The molecular formula is C67H52N4O. The predicted molar refractivity (Wildman–Crippen MR) is 300 cm³/mol. The number of furan rings is 1. The zero-order chi connectivity index (χ0) is 48.1. The van der Waals surface area contributed by atoms with Crippen LogP contribution in [-0.2, 0) is 17.6 Å².